The molecule has 19 heavy (non-hydrogen) atoms. The van der Waals surface area contributed by atoms with E-state index in [1.54, 1.807) is 32.4 Å². The Bertz CT molecular complexity index is 533. The zero-order chi connectivity index (χ0) is 14.7. The van der Waals surface area contributed by atoms with Crippen LogP contribution in [0.1, 0.15) is 26.3 Å². The number of hydrogen-bond acceptors (Lipinski definition) is 4. The molecule has 2 N–H and O–H groups in total. The van der Waals surface area contributed by atoms with Gasteiger partial charge in [-0.2, -0.15) is 0 Å². The quantitative estimate of drug-likeness (QED) is 0.860. The molecule has 0 amide bonds. The first-order valence-corrected chi connectivity index (χ1v) is 7.53. The van der Waals surface area contributed by atoms with Gasteiger partial charge in [0.1, 0.15) is 5.75 Å². The summed E-state index contributed by atoms with van der Waals surface area (Å²) < 4.78 is 32.3. The van der Waals surface area contributed by atoms with E-state index in [0.717, 1.165) is 5.56 Å². The van der Waals surface area contributed by atoms with Crippen LogP contribution in [0.4, 0.5) is 0 Å². The summed E-state index contributed by atoms with van der Waals surface area (Å²) in [6.45, 7) is 5.97. The largest absolute Gasteiger partial charge is 0.496 e. The zero-order valence-corrected chi connectivity index (χ0v) is 12.9. The van der Waals surface area contributed by atoms with Crippen LogP contribution in [0.5, 0.6) is 5.75 Å². The molecule has 1 rings (SSSR count). The lowest BCUT2D eigenvalue weighted by Gasteiger charge is -2.21. The molecule has 0 aliphatic carbocycles. The average molecular weight is 286 g/mol. The summed E-state index contributed by atoms with van der Waals surface area (Å²) >= 11 is 0. The second-order valence-corrected chi connectivity index (χ2v) is 7.04. The van der Waals surface area contributed by atoms with Crippen molar-refractivity contribution in [2.24, 2.45) is 0 Å². The molecule has 0 heterocycles. The van der Waals surface area contributed by atoms with Crippen molar-refractivity contribution in [3.05, 3.63) is 23.8 Å². The van der Waals surface area contributed by atoms with Gasteiger partial charge in [0, 0.05) is 17.6 Å². The van der Waals surface area contributed by atoms with Gasteiger partial charge in [-0.3, -0.25) is 0 Å². The summed E-state index contributed by atoms with van der Waals surface area (Å²) in [5.41, 5.74) is 0.295. The maximum absolute atomic E-state index is 12.2. The van der Waals surface area contributed by atoms with Gasteiger partial charge in [-0.1, -0.05) is 0 Å². The molecule has 0 saturated carbocycles. The van der Waals surface area contributed by atoms with Crippen LogP contribution >= 0.6 is 0 Å². The number of nitrogens with one attached hydrogen (secondary N) is 2. The van der Waals surface area contributed by atoms with Crippen molar-refractivity contribution in [2.45, 2.75) is 37.8 Å². The molecular formula is C13H22N2O3S. The summed E-state index contributed by atoms with van der Waals surface area (Å²) in [5.74, 6) is 0.670. The lowest BCUT2D eigenvalue weighted by atomic mass is 10.1. The third-order valence-corrected chi connectivity index (χ3v) is 4.13. The van der Waals surface area contributed by atoms with E-state index < -0.39 is 15.6 Å². The van der Waals surface area contributed by atoms with E-state index in [1.165, 1.54) is 0 Å². The third-order valence-electron chi connectivity index (χ3n) is 2.37. The lowest BCUT2D eigenvalue weighted by molar-refractivity contribution is 0.408. The molecule has 1 aromatic rings. The number of methoxy groups -OCH3 is 1. The fourth-order valence-corrected chi connectivity index (χ4v) is 3.18. The highest BCUT2D eigenvalue weighted by molar-refractivity contribution is 7.89. The van der Waals surface area contributed by atoms with Crippen LogP contribution in [0.2, 0.25) is 0 Å². The molecule has 0 spiro atoms. The Morgan fingerprint density at radius 2 is 1.89 bits per heavy atom. The molecule has 0 aromatic heterocycles. The molecule has 0 saturated heterocycles. The Labute approximate surface area is 115 Å². The molecule has 0 unspecified atom stereocenters. The summed E-state index contributed by atoms with van der Waals surface area (Å²) in [5, 5.41) is 2.99. The molecule has 1 aromatic carbocycles. The number of rotatable bonds is 5. The molecule has 0 fully saturated rings. The predicted octanol–water partition coefficient (Wildman–Crippen LogP) is 1.49. The van der Waals surface area contributed by atoms with Crippen LogP contribution in [0.25, 0.3) is 0 Å². The Hall–Kier alpha value is -1.11. The van der Waals surface area contributed by atoms with Gasteiger partial charge < -0.3 is 10.1 Å². The number of sulfonamides is 1. The van der Waals surface area contributed by atoms with Crippen molar-refractivity contribution < 1.29 is 13.2 Å². The van der Waals surface area contributed by atoms with Gasteiger partial charge in [0.25, 0.3) is 0 Å². The fraction of sp³-hybridized carbons (Fsp3) is 0.538. The normalized spacial score (nSPS) is 12.5. The lowest BCUT2D eigenvalue weighted by Crippen LogP contribution is -2.40. The second kappa shape index (κ2) is 5.90. The topological polar surface area (TPSA) is 67.4 Å². The van der Waals surface area contributed by atoms with E-state index in [2.05, 4.69) is 10.0 Å². The molecule has 6 heteroatoms. The van der Waals surface area contributed by atoms with Crippen molar-refractivity contribution in [1.29, 1.82) is 0 Å². The Morgan fingerprint density at radius 3 is 2.37 bits per heavy atom. The third kappa shape index (κ3) is 4.49. The van der Waals surface area contributed by atoms with Crippen LogP contribution in [0, 0.1) is 0 Å². The van der Waals surface area contributed by atoms with Crippen LogP contribution < -0.4 is 14.8 Å². The first-order valence-electron chi connectivity index (χ1n) is 6.05. The fourth-order valence-electron chi connectivity index (χ4n) is 1.71. The SMILES string of the molecule is CNCc1cc(S(=O)(=O)NC(C)(C)C)ccc1OC. The van der Waals surface area contributed by atoms with E-state index in [9.17, 15) is 8.42 Å². The Balaban J connectivity index is 3.18. The minimum Gasteiger partial charge on any atom is -0.496 e. The summed E-state index contributed by atoms with van der Waals surface area (Å²) in [6.07, 6.45) is 0. The van der Waals surface area contributed by atoms with Gasteiger partial charge in [0.05, 0.1) is 12.0 Å². The van der Waals surface area contributed by atoms with Crippen LogP contribution in [-0.2, 0) is 16.6 Å². The average Bonchev–Trinajstić information content (AvgIpc) is 2.26. The predicted molar refractivity (Wildman–Crippen MR) is 75.8 cm³/mol. The van der Waals surface area contributed by atoms with Crippen molar-refractivity contribution in [3.8, 4) is 5.75 Å². The summed E-state index contributed by atoms with van der Waals surface area (Å²) in [4.78, 5) is 0.244. The van der Waals surface area contributed by atoms with Crippen LogP contribution in [0.3, 0.4) is 0 Å². The molecule has 5 nitrogen and oxygen atoms in total. The van der Waals surface area contributed by atoms with Gasteiger partial charge >= 0.3 is 0 Å². The highest BCUT2D eigenvalue weighted by Crippen LogP contribution is 2.23. The van der Waals surface area contributed by atoms with Crippen molar-refractivity contribution >= 4 is 10.0 Å². The maximum Gasteiger partial charge on any atom is 0.241 e. The summed E-state index contributed by atoms with van der Waals surface area (Å²) in [6, 6.07) is 4.85. The van der Waals surface area contributed by atoms with E-state index in [4.69, 9.17) is 4.74 Å². The number of hydrogen-bond donors (Lipinski definition) is 2. The number of ether oxygens (including phenoxy) is 1. The molecule has 0 aliphatic heterocycles. The molecule has 108 valence electrons. The first-order chi connectivity index (χ1) is 8.69. The smallest absolute Gasteiger partial charge is 0.241 e. The highest BCUT2D eigenvalue weighted by atomic mass is 32.2. The number of benzene rings is 1. The van der Waals surface area contributed by atoms with E-state index in [1.807, 2.05) is 20.8 Å². The molecular weight excluding hydrogens is 264 g/mol. The van der Waals surface area contributed by atoms with Gasteiger partial charge in [0.15, 0.2) is 0 Å². The van der Waals surface area contributed by atoms with Gasteiger partial charge in [-0.05, 0) is 46.0 Å². The van der Waals surface area contributed by atoms with Crippen molar-refractivity contribution in [2.75, 3.05) is 14.2 Å². The Kier molecular flexibility index (Phi) is 4.95. The van der Waals surface area contributed by atoms with E-state index >= 15 is 0 Å². The molecule has 0 bridgehead atoms. The maximum atomic E-state index is 12.2. The van der Waals surface area contributed by atoms with Crippen molar-refractivity contribution in [3.63, 3.8) is 0 Å². The van der Waals surface area contributed by atoms with Crippen LogP contribution in [-0.4, -0.2) is 28.1 Å². The zero-order valence-electron chi connectivity index (χ0n) is 12.1. The monoisotopic (exact) mass is 286 g/mol. The first kappa shape index (κ1) is 15.9. The minimum absolute atomic E-state index is 0.244. The van der Waals surface area contributed by atoms with E-state index in [-0.39, 0.29) is 4.90 Å². The van der Waals surface area contributed by atoms with Gasteiger partial charge in [-0.15, -0.1) is 0 Å². The second-order valence-electron chi connectivity index (χ2n) is 5.36. The van der Waals surface area contributed by atoms with Gasteiger partial charge in [-0.25, -0.2) is 13.1 Å². The summed E-state index contributed by atoms with van der Waals surface area (Å²) in [7, 11) is -0.152. The standard InChI is InChI=1S/C13H22N2O3S/c1-13(2,3)15-19(16,17)11-6-7-12(18-5)10(8-11)9-14-4/h6-8,14-15H,9H2,1-5H3. The van der Waals surface area contributed by atoms with Crippen molar-refractivity contribution in [1.82, 2.24) is 10.0 Å². The van der Waals surface area contributed by atoms with Gasteiger partial charge in [0.2, 0.25) is 10.0 Å². The highest BCUT2D eigenvalue weighted by Gasteiger charge is 2.22. The molecule has 0 radical (unpaired) electrons. The molecule has 0 aliphatic rings. The van der Waals surface area contributed by atoms with Crippen LogP contribution in [0.15, 0.2) is 23.1 Å². The minimum atomic E-state index is -3.52. The molecule has 0 atom stereocenters. The van der Waals surface area contributed by atoms with E-state index in [0.29, 0.717) is 12.3 Å². The Morgan fingerprint density at radius 1 is 1.26 bits per heavy atom.